The van der Waals surface area contributed by atoms with Crippen LogP contribution in [-0.2, 0) is 17.8 Å². The second-order valence-electron chi connectivity index (χ2n) is 7.44. The molecule has 0 saturated carbocycles. The van der Waals surface area contributed by atoms with Crippen LogP contribution in [0.1, 0.15) is 53.0 Å². The molecule has 0 unspecified atom stereocenters. The third kappa shape index (κ3) is 3.13. The predicted octanol–water partition coefficient (Wildman–Crippen LogP) is 2.11. The topological polar surface area (TPSA) is 92.7 Å². The number of nitrogens with zero attached hydrogens (tertiary/aromatic N) is 4. The van der Waals surface area contributed by atoms with Crippen LogP contribution in [0.3, 0.4) is 0 Å². The molecule has 0 aliphatic carbocycles. The summed E-state index contributed by atoms with van der Waals surface area (Å²) in [5, 5.41) is 7.89. The molecule has 3 aliphatic rings. The van der Waals surface area contributed by atoms with Gasteiger partial charge in [0.15, 0.2) is 5.69 Å². The van der Waals surface area contributed by atoms with Crippen molar-refractivity contribution in [2.24, 2.45) is 5.92 Å². The number of aromatic nitrogens is 2. The molecule has 0 N–H and O–H groups in total. The van der Waals surface area contributed by atoms with E-state index < -0.39 is 0 Å². The number of fused-ring (bicyclic) bond motifs is 4. The van der Waals surface area contributed by atoms with E-state index in [9.17, 15) is 9.59 Å². The summed E-state index contributed by atoms with van der Waals surface area (Å²) in [6.07, 6.45) is 2.39. The fourth-order valence-electron chi connectivity index (χ4n) is 4.05. The van der Waals surface area contributed by atoms with Gasteiger partial charge in [0.05, 0.1) is 18.2 Å². The molecule has 5 heterocycles. The summed E-state index contributed by atoms with van der Waals surface area (Å²) in [7, 11) is 0. The van der Waals surface area contributed by atoms with E-state index >= 15 is 0 Å². The van der Waals surface area contributed by atoms with E-state index in [-0.39, 0.29) is 23.8 Å². The number of carbonyl (C=O) groups excluding carboxylic acids is 2. The maximum atomic E-state index is 13.0. The number of amides is 2. The quantitative estimate of drug-likeness (QED) is 0.816. The van der Waals surface area contributed by atoms with Crippen molar-refractivity contribution in [3.05, 3.63) is 34.5 Å². The average Bonchev–Trinajstić information content (AvgIpc) is 3.15. The van der Waals surface area contributed by atoms with Gasteiger partial charge in [0, 0.05) is 37.2 Å². The zero-order chi connectivity index (χ0) is 19.1. The van der Waals surface area contributed by atoms with E-state index in [0.717, 1.165) is 29.9 Å². The number of aryl methyl sites for hydroxylation is 3. The molecule has 3 fully saturated rings. The Morgan fingerprint density at radius 3 is 2.70 bits per heavy atom. The van der Waals surface area contributed by atoms with Gasteiger partial charge in [-0.25, -0.2) is 0 Å². The van der Waals surface area contributed by atoms with Gasteiger partial charge < -0.3 is 18.8 Å². The predicted molar refractivity (Wildman–Crippen MR) is 94.8 cm³/mol. The van der Waals surface area contributed by atoms with Crippen LogP contribution >= 0.6 is 0 Å². The molecule has 2 amide bonds. The van der Waals surface area contributed by atoms with Crippen molar-refractivity contribution < 1.29 is 18.6 Å². The first-order chi connectivity index (χ1) is 13.0. The number of piperidine rings is 1. The van der Waals surface area contributed by atoms with E-state index in [1.807, 2.05) is 25.7 Å². The van der Waals surface area contributed by atoms with Crippen LogP contribution in [-0.4, -0.2) is 51.1 Å². The summed E-state index contributed by atoms with van der Waals surface area (Å²) >= 11 is 0. The standard InChI is InChI=1S/C19H24N4O4/c1-4-15-7-17(21-27-15)19(25)22-8-13-5-6-14(9-22)23(18(13)24)10-16-11(2)20-26-12(16)3/h7,13-14H,4-6,8-10H2,1-3H3/t13-,14+/m1/s1. The molecule has 2 atom stereocenters. The normalized spacial score (nSPS) is 22.4. The minimum atomic E-state index is -0.175. The van der Waals surface area contributed by atoms with Crippen LogP contribution in [0.4, 0.5) is 0 Å². The Labute approximate surface area is 157 Å². The lowest BCUT2D eigenvalue weighted by molar-refractivity contribution is -0.140. The van der Waals surface area contributed by atoms with Gasteiger partial charge in [-0.3, -0.25) is 9.59 Å². The van der Waals surface area contributed by atoms with E-state index in [0.29, 0.717) is 37.5 Å². The van der Waals surface area contributed by atoms with Crippen LogP contribution in [0.25, 0.3) is 0 Å². The van der Waals surface area contributed by atoms with Crippen molar-refractivity contribution in [1.82, 2.24) is 20.1 Å². The summed E-state index contributed by atoms with van der Waals surface area (Å²) in [5.41, 5.74) is 2.08. The number of rotatable bonds is 4. The van der Waals surface area contributed by atoms with Crippen LogP contribution in [0, 0.1) is 19.8 Å². The minimum Gasteiger partial charge on any atom is -0.361 e. The molecule has 5 rings (SSSR count). The molecular weight excluding hydrogens is 348 g/mol. The Balaban J connectivity index is 1.56. The number of carbonyl (C=O) groups is 2. The molecule has 0 radical (unpaired) electrons. The fourth-order valence-corrected chi connectivity index (χ4v) is 4.05. The maximum Gasteiger partial charge on any atom is 0.276 e. The zero-order valence-corrected chi connectivity index (χ0v) is 15.9. The number of hydrogen-bond acceptors (Lipinski definition) is 6. The van der Waals surface area contributed by atoms with Gasteiger partial charge in [0.2, 0.25) is 5.91 Å². The SMILES string of the molecule is CCc1cc(C(=O)N2C[C@H]3CC[C@@H](C2)N(Cc2c(C)noc2C)C3=O)no1. The third-order valence-corrected chi connectivity index (χ3v) is 5.72. The van der Waals surface area contributed by atoms with Gasteiger partial charge in [0.25, 0.3) is 5.91 Å². The van der Waals surface area contributed by atoms with Gasteiger partial charge in [-0.05, 0) is 26.7 Å². The monoisotopic (exact) mass is 372 g/mol. The largest absolute Gasteiger partial charge is 0.361 e. The van der Waals surface area contributed by atoms with Crippen LogP contribution in [0.2, 0.25) is 0 Å². The summed E-state index contributed by atoms with van der Waals surface area (Å²) in [5.74, 6) is 1.19. The molecule has 2 bridgehead atoms. The highest BCUT2D eigenvalue weighted by Crippen LogP contribution is 2.32. The van der Waals surface area contributed by atoms with E-state index in [1.165, 1.54) is 0 Å². The molecule has 8 heteroatoms. The third-order valence-electron chi connectivity index (χ3n) is 5.72. The Morgan fingerprint density at radius 2 is 2.04 bits per heavy atom. The second kappa shape index (κ2) is 6.83. The Bertz CT molecular complexity index is 851. The van der Waals surface area contributed by atoms with Gasteiger partial charge in [-0.2, -0.15) is 0 Å². The molecule has 0 aromatic carbocycles. The van der Waals surface area contributed by atoms with Crippen molar-refractivity contribution >= 4 is 11.8 Å². The van der Waals surface area contributed by atoms with Gasteiger partial charge >= 0.3 is 0 Å². The first kappa shape index (κ1) is 17.8. The molecule has 8 nitrogen and oxygen atoms in total. The molecule has 3 saturated heterocycles. The molecule has 144 valence electrons. The van der Waals surface area contributed by atoms with E-state index in [2.05, 4.69) is 10.3 Å². The lowest BCUT2D eigenvalue weighted by Gasteiger charge is -2.35. The molecule has 2 aromatic heterocycles. The highest BCUT2D eigenvalue weighted by molar-refractivity contribution is 5.93. The first-order valence-corrected chi connectivity index (χ1v) is 9.45. The van der Waals surface area contributed by atoms with Gasteiger partial charge in [-0.15, -0.1) is 0 Å². The smallest absolute Gasteiger partial charge is 0.276 e. The van der Waals surface area contributed by atoms with Gasteiger partial charge in [0.1, 0.15) is 11.5 Å². The van der Waals surface area contributed by atoms with Crippen molar-refractivity contribution in [3.63, 3.8) is 0 Å². The summed E-state index contributed by atoms with van der Waals surface area (Å²) in [6.45, 7) is 7.12. The van der Waals surface area contributed by atoms with E-state index in [4.69, 9.17) is 9.05 Å². The average molecular weight is 372 g/mol. The van der Waals surface area contributed by atoms with E-state index in [1.54, 1.807) is 11.0 Å². The summed E-state index contributed by atoms with van der Waals surface area (Å²) < 4.78 is 10.4. The van der Waals surface area contributed by atoms with Crippen molar-refractivity contribution in [2.45, 2.75) is 52.6 Å². The zero-order valence-electron chi connectivity index (χ0n) is 15.9. The molecule has 2 aromatic rings. The maximum absolute atomic E-state index is 13.0. The van der Waals surface area contributed by atoms with Crippen molar-refractivity contribution in [3.8, 4) is 0 Å². The Kier molecular flexibility index (Phi) is 4.49. The minimum absolute atomic E-state index is 0.00792. The molecule has 3 aliphatic heterocycles. The van der Waals surface area contributed by atoms with Crippen LogP contribution < -0.4 is 0 Å². The highest BCUT2D eigenvalue weighted by Gasteiger charge is 2.42. The van der Waals surface area contributed by atoms with Gasteiger partial charge in [-0.1, -0.05) is 17.2 Å². The fraction of sp³-hybridized carbons (Fsp3) is 0.579. The molecule has 27 heavy (non-hydrogen) atoms. The lowest BCUT2D eigenvalue weighted by Crippen LogP contribution is -2.47. The van der Waals surface area contributed by atoms with Crippen molar-refractivity contribution in [1.29, 1.82) is 0 Å². The molecule has 0 spiro atoms. The summed E-state index contributed by atoms with van der Waals surface area (Å²) in [4.78, 5) is 29.6. The second-order valence-corrected chi connectivity index (χ2v) is 7.44. The summed E-state index contributed by atoms with van der Waals surface area (Å²) in [6, 6.07) is 1.69. The van der Waals surface area contributed by atoms with Crippen molar-refractivity contribution in [2.75, 3.05) is 13.1 Å². The lowest BCUT2D eigenvalue weighted by atomic mass is 9.93. The highest BCUT2D eigenvalue weighted by atomic mass is 16.5. The molecular formula is C19H24N4O4. The first-order valence-electron chi connectivity index (χ1n) is 9.45. The Hall–Kier alpha value is -2.64. The Morgan fingerprint density at radius 1 is 1.22 bits per heavy atom. The number of hydrogen-bond donors (Lipinski definition) is 0. The van der Waals surface area contributed by atoms with Crippen LogP contribution in [0.5, 0.6) is 0 Å². The van der Waals surface area contributed by atoms with Crippen LogP contribution in [0.15, 0.2) is 15.1 Å².